The Labute approximate surface area is 177 Å². The smallest absolute Gasteiger partial charge is 0.377 e. The molecule has 4 heterocycles. The highest BCUT2D eigenvalue weighted by molar-refractivity contribution is 5.80. The van der Waals surface area contributed by atoms with Crippen molar-refractivity contribution in [1.82, 2.24) is 14.6 Å². The highest BCUT2D eigenvalue weighted by atomic mass is 19.4. The van der Waals surface area contributed by atoms with Crippen molar-refractivity contribution in [2.24, 2.45) is 0 Å². The molecule has 2 atom stereocenters. The van der Waals surface area contributed by atoms with Crippen LogP contribution in [0.2, 0.25) is 0 Å². The third-order valence-electron chi connectivity index (χ3n) is 5.86. The first-order valence-electron chi connectivity index (χ1n) is 10.5. The molecular weight excluding hydrogens is 419 g/mol. The van der Waals surface area contributed by atoms with Crippen LogP contribution in [-0.2, 0) is 20.9 Å². The zero-order chi connectivity index (χ0) is 22.2. The number of hydrogen-bond donors (Lipinski definition) is 0. The summed E-state index contributed by atoms with van der Waals surface area (Å²) in [7, 11) is 0. The van der Waals surface area contributed by atoms with E-state index in [9.17, 15) is 22.8 Å². The quantitative estimate of drug-likeness (QED) is 0.691. The van der Waals surface area contributed by atoms with Crippen molar-refractivity contribution in [3.8, 4) is 0 Å². The van der Waals surface area contributed by atoms with Gasteiger partial charge in [-0.2, -0.15) is 18.2 Å². The third-order valence-corrected chi connectivity index (χ3v) is 5.86. The molecule has 0 aliphatic carbocycles. The zero-order valence-corrected chi connectivity index (χ0v) is 17.3. The first-order chi connectivity index (χ1) is 14.8. The van der Waals surface area contributed by atoms with Crippen molar-refractivity contribution in [2.75, 3.05) is 49.3 Å². The Hall–Kier alpha value is -2.34. The van der Waals surface area contributed by atoms with Crippen LogP contribution >= 0.6 is 0 Å². The highest BCUT2D eigenvalue weighted by Gasteiger charge is 2.48. The molecular formula is C19H26F3N5O4. The van der Waals surface area contributed by atoms with Gasteiger partial charge in [-0.25, -0.2) is 5.06 Å². The van der Waals surface area contributed by atoms with Gasteiger partial charge in [-0.3, -0.25) is 19.0 Å². The Balaban J connectivity index is 1.70. The number of ether oxygens (including phenoxy) is 1. The summed E-state index contributed by atoms with van der Waals surface area (Å²) < 4.78 is 48.2. The van der Waals surface area contributed by atoms with Crippen LogP contribution in [-0.4, -0.2) is 78.2 Å². The number of fused-ring (bicyclic) bond motifs is 1. The van der Waals surface area contributed by atoms with Crippen molar-refractivity contribution in [2.45, 2.75) is 51.0 Å². The molecule has 0 bridgehead atoms. The average Bonchev–Trinajstić information content (AvgIpc) is 2.74. The number of halogens is 3. The van der Waals surface area contributed by atoms with E-state index < -0.39 is 30.2 Å². The van der Waals surface area contributed by atoms with Gasteiger partial charge in [-0.05, 0) is 26.2 Å². The van der Waals surface area contributed by atoms with E-state index in [1.165, 1.54) is 10.6 Å². The minimum Gasteiger partial charge on any atom is -0.377 e. The molecule has 1 amide bonds. The molecule has 172 valence electrons. The lowest BCUT2D eigenvalue weighted by Crippen LogP contribution is -2.56. The first kappa shape index (κ1) is 21.9. The molecule has 12 heteroatoms. The number of amides is 1. The maximum atomic E-state index is 13.9. The summed E-state index contributed by atoms with van der Waals surface area (Å²) in [6.45, 7) is 3.22. The van der Waals surface area contributed by atoms with E-state index in [4.69, 9.17) is 9.57 Å². The Morgan fingerprint density at radius 2 is 2.03 bits per heavy atom. The third kappa shape index (κ3) is 4.49. The zero-order valence-electron chi connectivity index (χ0n) is 17.3. The molecule has 0 spiro atoms. The number of nitrogens with zero attached hydrogens (tertiary/aromatic N) is 5. The summed E-state index contributed by atoms with van der Waals surface area (Å²) >= 11 is 0. The van der Waals surface area contributed by atoms with Crippen LogP contribution in [0, 0.1) is 0 Å². The van der Waals surface area contributed by atoms with Crippen LogP contribution in [0.1, 0.15) is 26.2 Å². The predicted octanol–water partition coefficient (Wildman–Crippen LogP) is 1.16. The first-order valence-corrected chi connectivity index (χ1v) is 10.5. The van der Waals surface area contributed by atoms with E-state index in [0.29, 0.717) is 38.7 Å². The number of hydrogen-bond acceptors (Lipinski definition) is 7. The molecule has 0 radical (unpaired) electrons. The summed E-state index contributed by atoms with van der Waals surface area (Å²) in [4.78, 5) is 38.0. The molecule has 4 rings (SSSR count). The van der Waals surface area contributed by atoms with Crippen LogP contribution < -0.4 is 15.4 Å². The molecule has 1 aromatic rings. The minimum atomic E-state index is -4.58. The normalized spacial score (nSPS) is 24.8. The van der Waals surface area contributed by atoms with E-state index in [0.717, 1.165) is 22.8 Å². The van der Waals surface area contributed by atoms with Gasteiger partial charge in [0.05, 0.1) is 25.9 Å². The van der Waals surface area contributed by atoms with Gasteiger partial charge in [0, 0.05) is 25.7 Å². The topological polar surface area (TPSA) is 80.1 Å². The SMILES string of the molecule is CC1COCCN1c1cc(=O)n2c(n1)N(CC(=O)N1CCCCO1)C(C(F)(F)F)CC2. The standard InChI is InChI=1S/C19H26F3N5O4/c1-13-12-30-9-7-24(13)15-10-16(28)25-6-4-14(19(20,21)22)26(18(25)23-15)11-17(29)27-5-2-3-8-31-27/h10,13-14H,2-9,11-12H2,1H3. The second-order valence-electron chi connectivity index (χ2n) is 8.03. The number of hydroxylamine groups is 2. The molecule has 31 heavy (non-hydrogen) atoms. The fourth-order valence-electron chi connectivity index (χ4n) is 4.21. The fourth-order valence-corrected chi connectivity index (χ4v) is 4.21. The molecule has 3 aliphatic heterocycles. The average molecular weight is 445 g/mol. The summed E-state index contributed by atoms with van der Waals surface area (Å²) in [6.07, 6.45) is -3.39. The fraction of sp³-hybridized carbons (Fsp3) is 0.737. The summed E-state index contributed by atoms with van der Waals surface area (Å²) in [5.74, 6) is -0.427. The van der Waals surface area contributed by atoms with E-state index in [-0.39, 0.29) is 25.0 Å². The van der Waals surface area contributed by atoms with Crippen molar-refractivity contribution >= 4 is 17.7 Å². The minimum absolute atomic E-state index is 0.0810. The Morgan fingerprint density at radius 1 is 1.23 bits per heavy atom. The maximum Gasteiger partial charge on any atom is 0.408 e. The molecule has 0 saturated carbocycles. The molecule has 0 N–H and O–H groups in total. The number of carbonyl (C=O) groups excluding carboxylic acids is 1. The number of aromatic nitrogens is 2. The lowest BCUT2D eigenvalue weighted by atomic mass is 10.1. The summed E-state index contributed by atoms with van der Waals surface area (Å²) in [5, 5.41) is 1.11. The lowest BCUT2D eigenvalue weighted by Gasteiger charge is -2.40. The predicted molar refractivity (Wildman–Crippen MR) is 105 cm³/mol. The van der Waals surface area contributed by atoms with Gasteiger partial charge in [0.15, 0.2) is 0 Å². The molecule has 0 aromatic carbocycles. The number of anilines is 2. The molecule has 2 saturated heterocycles. The van der Waals surface area contributed by atoms with E-state index >= 15 is 0 Å². The van der Waals surface area contributed by atoms with Crippen molar-refractivity contribution in [3.05, 3.63) is 16.4 Å². The van der Waals surface area contributed by atoms with Crippen molar-refractivity contribution in [1.29, 1.82) is 0 Å². The van der Waals surface area contributed by atoms with Crippen molar-refractivity contribution in [3.63, 3.8) is 0 Å². The Kier molecular flexibility index (Phi) is 6.11. The number of rotatable bonds is 3. The maximum absolute atomic E-state index is 13.9. The summed E-state index contributed by atoms with van der Waals surface area (Å²) in [5.41, 5.74) is -0.439. The monoisotopic (exact) mass is 445 g/mol. The van der Waals surface area contributed by atoms with Gasteiger partial charge in [0.1, 0.15) is 18.4 Å². The van der Waals surface area contributed by atoms with E-state index in [2.05, 4.69) is 4.98 Å². The Bertz CT molecular complexity index is 871. The van der Waals surface area contributed by atoms with Crippen LogP contribution in [0.3, 0.4) is 0 Å². The molecule has 3 aliphatic rings. The highest BCUT2D eigenvalue weighted by Crippen LogP contribution is 2.34. The Morgan fingerprint density at radius 3 is 2.71 bits per heavy atom. The number of carbonyl (C=O) groups is 1. The van der Waals surface area contributed by atoms with Gasteiger partial charge < -0.3 is 14.5 Å². The molecule has 2 fully saturated rings. The van der Waals surface area contributed by atoms with Gasteiger partial charge in [0.25, 0.3) is 11.5 Å². The van der Waals surface area contributed by atoms with Crippen LogP contribution in [0.4, 0.5) is 24.9 Å². The van der Waals surface area contributed by atoms with Crippen LogP contribution in [0.5, 0.6) is 0 Å². The lowest BCUT2D eigenvalue weighted by molar-refractivity contribution is -0.196. The van der Waals surface area contributed by atoms with E-state index in [1.54, 1.807) is 0 Å². The molecule has 9 nitrogen and oxygen atoms in total. The largest absolute Gasteiger partial charge is 0.408 e. The number of alkyl halides is 3. The van der Waals surface area contributed by atoms with Crippen LogP contribution in [0.15, 0.2) is 10.9 Å². The van der Waals surface area contributed by atoms with Crippen molar-refractivity contribution < 1.29 is 27.5 Å². The van der Waals surface area contributed by atoms with Crippen LogP contribution in [0.25, 0.3) is 0 Å². The van der Waals surface area contributed by atoms with Gasteiger partial charge in [-0.1, -0.05) is 0 Å². The number of morpholine rings is 1. The van der Waals surface area contributed by atoms with Gasteiger partial charge >= 0.3 is 6.18 Å². The molecule has 2 unspecified atom stereocenters. The summed E-state index contributed by atoms with van der Waals surface area (Å²) in [6, 6.07) is -0.652. The van der Waals surface area contributed by atoms with Gasteiger partial charge in [-0.15, -0.1) is 0 Å². The molecule has 1 aromatic heterocycles. The second-order valence-corrected chi connectivity index (χ2v) is 8.03. The van der Waals surface area contributed by atoms with E-state index in [1.807, 2.05) is 11.8 Å². The van der Waals surface area contributed by atoms with Gasteiger partial charge in [0.2, 0.25) is 5.95 Å². The second kappa shape index (κ2) is 8.65.